The lowest BCUT2D eigenvalue weighted by Crippen LogP contribution is -2.44. The van der Waals surface area contributed by atoms with Crippen LogP contribution >= 0.6 is 0 Å². The number of rotatable bonds is 6. The highest BCUT2D eigenvalue weighted by atomic mass is 16.5. The number of nitrogens with one attached hydrogen (secondary N) is 3. The first kappa shape index (κ1) is 18.1. The summed E-state index contributed by atoms with van der Waals surface area (Å²) in [5.74, 6) is 0.370. The van der Waals surface area contributed by atoms with Crippen LogP contribution in [0.2, 0.25) is 0 Å². The van der Waals surface area contributed by atoms with Gasteiger partial charge in [0.15, 0.2) is 6.61 Å². The molecule has 3 N–H and O–H groups in total. The summed E-state index contributed by atoms with van der Waals surface area (Å²) in [4.78, 5) is 25.7. The number of ether oxygens (including phenoxy) is 1. The Bertz CT molecular complexity index is 557. The number of amides is 3. The quantitative estimate of drug-likeness (QED) is 0.735. The van der Waals surface area contributed by atoms with Crippen LogP contribution in [-0.2, 0) is 4.79 Å². The summed E-state index contributed by atoms with van der Waals surface area (Å²) in [7, 11) is 2.09. The molecule has 1 aromatic carbocycles. The molecule has 7 nitrogen and oxygen atoms in total. The van der Waals surface area contributed by atoms with Gasteiger partial charge in [-0.25, -0.2) is 4.79 Å². The SMILES string of the molecule is CCNC(=O)COc1cccc(NC(=O)NC2CCN(C)CC2)c1. The minimum Gasteiger partial charge on any atom is -0.484 e. The average molecular weight is 334 g/mol. The molecule has 0 radical (unpaired) electrons. The molecule has 0 spiro atoms. The van der Waals surface area contributed by atoms with E-state index in [1.165, 1.54) is 0 Å². The first-order valence-electron chi connectivity index (χ1n) is 8.32. The molecule has 0 aliphatic carbocycles. The van der Waals surface area contributed by atoms with Gasteiger partial charge in [-0.3, -0.25) is 4.79 Å². The molecular formula is C17H26N4O3. The first-order valence-corrected chi connectivity index (χ1v) is 8.32. The lowest BCUT2D eigenvalue weighted by atomic mass is 10.1. The van der Waals surface area contributed by atoms with Crippen molar-refractivity contribution in [1.82, 2.24) is 15.5 Å². The lowest BCUT2D eigenvalue weighted by molar-refractivity contribution is -0.122. The Morgan fingerprint density at radius 2 is 2.04 bits per heavy atom. The Balaban J connectivity index is 1.80. The highest BCUT2D eigenvalue weighted by molar-refractivity contribution is 5.89. The van der Waals surface area contributed by atoms with Crippen LogP contribution in [0, 0.1) is 0 Å². The summed E-state index contributed by atoms with van der Waals surface area (Å²) >= 11 is 0. The van der Waals surface area contributed by atoms with Gasteiger partial charge in [0.05, 0.1) is 0 Å². The molecule has 7 heteroatoms. The second-order valence-electron chi connectivity index (χ2n) is 5.95. The van der Waals surface area contributed by atoms with Gasteiger partial charge >= 0.3 is 6.03 Å². The van der Waals surface area contributed by atoms with E-state index in [1.54, 1.807) is 24.3 Å². The minimum atomic E-state index is -0.217. The van der Waals surface area contributed by atoms with Crippen molar-refractivity contribution >= 4 is 17.6 Å². The minimum absolute atomic E-state index is 0.0426. The van der Waals surface area contributed by atoms with Gasteiger partial charge in [-0.1, -0.05) is 6.07 Å². The highest BCUT2D eigenvalue weighted by Crippen LogP contribution is 2.17. The zero-order valence-corrected chi connectivity index (χ0v) is 14.3. The molecule has 132 valence electrons. The summed E-state index contributed by atoms with van der Waals surface area (Å²) in [6, 6.07) is 7.00. The van der Waals surface area contributed by atoms with Crippen molar-refractivity contribution in [3.63, 3.8) is 0 Å². The van der Waals surface area contributed by atoms with Crippen molar-refractivity contribution in [2.75, 3.05) is 38.6 Å². The third-order valence-electron chi connectivity index (χ3n) is 3.89. The summed E-state index contributed by atoms with van der Waals surface area (Å²) in [6.45, 7) is 4.37. The van der Waals surface area contributed by atoms with Crippen molar-refractivity contribution in [2.24, 2.45) is 0 Å². The third kappa shape index (κ3) is 6.08. The summed E-state index contributed by atoms with van der Waals surface area (Å²) in [6.07, 6.45) is 1.92. The van der Waals surface area contributed by atoms with Crippen LogP contribution in [0.15, 0.2) is 24.3 Å². The van der Waals surface area contributed by atoms with E-state index in [2.05, 4.69) is 27.9 Å². The molecule has 24 heavy (non-hydrogen) atoms. The molecule has 1 saturated heterocycles. The molecule has 1 fully saturated rings. The number of hydrogen-bond acceptors (Lipinski definition) is 4. The maximum Gasteiger partial charge on any atom is 0.319 e. The number of carbonyl (C=O) groups excluding carboxylic acids is 2. The summed E-state index contributed by atoms with van der Waals surface area (Å²) in [5, 5.41) is 8.47. The Hall–Kier alpha value is -2.28. The number of urea groups is 1. The fraction of sp³-hybridized carbons (Fsp3) is 0.529. The van der Waals surface area contributed by atoms with Crippen LogP contribution < -0.4 is 20.7 Å². The van der Waals surface area contributed by atoms with E-state index in [1.807, 2.05) is 6.92 Å². The van der Waals surface area contributed by atoms with E-state index in [-0.39, 0.29) is 24.6 Å². The predicted molar refractivity (Wildman–Crippen MR) is 93.3 cm³/mol. The Labute approximate surface area is 142 Å². The number of likely N-dealkylation sites (N-methyl/N-ethyl adjacent to an activating group) is 1. The summed E-state index contributed by atoms with van der Waals surface area (Å²) < 4.78 is 5.42. The fourth-order valence-electron chi connectivity index (χ4n) is 2.57. The largest absolute Gasteiger partial charge is 0.484 e. The van der Waals surface area contributed by atoms with Crippen molar-refractivity contribution in [3.8, 4) is 5.75 Å². The normalized spacial score (nSPS) is 15.6. The molecule has 3 amide bonds. The van der Waals surface area contributed by atoms with Crippen molar-refractivity contribution in [2.45, 2.75) is 25.8 Å². The average Bonchev–Trinajstić information content (AvgIpc) is 2.56. The Morgan fingerprint density at radius 1 is 1.29 bits per heavy atom. The van der Waals surface area contributed by atoms with E-state index in [9.17, 15) is 9.59 Å². The third-order valence-corrected chi connectivity index (χ3v) is 3.89. The molecule has 1 aliphatic heterocycles. The molecule has 0 aromatic heterocycles. The molecule has 0 saturated carbocycles. The van der Waals surface area contributed by atoms with Gasteiger partial charge in [0, 0.05) is 24.3 Å². The zero-order valence-electron chi connectivity index (χ0n) is 14.3. The highest BCUT2D eigenvalue weighted by Gasteiger charge is 2.18. The van der Waals surface area contributed by atoms with Gasteiger partial charge in [0.2, 0.25) is 0 Å². The van der Waals surface area contributed by atoms with E-state index < -0.39 is 0 Å². The van der Waals surface area contributed by atoms with E-state index in [0.717, 1.165) is 25.9 Å². The first-order chi connectivity index (χ1) is 11.6. The second kappa shape index (κ2) is 9.12. The van der Waals surface area contributed by atoms with Gasteiger partial charge < -0.3 is 25.6 Å². The van der Waals surface area contributed by atoms with Gasteiger partial charge in [-0.15, -0.1) is 0 Å². The number of carbonyl (C=O) groups is 2. The van der Waals surface area contributed by atoms with Gasteiger partial charge in [-0.05, 0) is 52.0 Å². The van der Waals surface area contributed by atoms with Gasteiger partial charge in [0.1, 0.15) is 5.75 Å². The maximum absolute atomic E-state index is 12.1. The smallest absolute Gasteiger partial charge is 0.319 e. The Kier molecular flexibility index (Phi) is 6.87. The zero-order chi connectivity index (χ0) is 17.4. The van der Waals surface area contributed by atoms with Crippen LogP contribution in [0.1, 0.15) is 19.8 Å². The van der Waals surface area contributed by atoms with E-state index >= 15 is 0 Å². The van der Waals surface area contributed by atoms with Crippen LogP contribution in [0.25, 0.3) is 0 Å². The number of hydrogen-bond donors (Lipinski definition) is 3. The number of likely N-dealkylation sites (tertiary alicyclic amines) is 1. The van der Waals surface area contributed by atoms with Crippen LogP contribution in [-0.4, -0.2) is 56.2 Å². The van der Waals surface area contributed by atoms with Crippen LogP contribution in [0.5, 0.6) is 5.75 Å². The molecule has 1 aromatic rings. The van der Waals surface area contributed by atoms with Gasteiger partial charge in [0.25, 0.3) is 5.91 Å². The molecular weight excluding hydrogens is 308 g/mol. The second-order valence-corrected chi connectivity index (χ2v) is 5.95. The molecule has 0 unspecified atom stereocenters. The van der Waals surface area contributed by atoms with E-state index in [4.69, 9.17) is 4.74 Å². The maximum atomic E-state index is 12.1. The molecule has 0 bridgehead atoms. The molecule has 0 atom stereocenters. The monoisotopic (exact) mass is 334 g/mol. The number of nitrogens with zero attached hydrogens (tertiary/aromatic N) is 1. The van der Waals surface area contributed by atoms with Crippen molar-refractivity contribution in [3.05, 3.63) is 24.3 Å². The number of benzene rings is 1. The predicted octanol–water partition coefficient (Wildman–Crippen LogP) is 1.42. The van der Waals surface area contributed by atoms with Gasteiger partial charge in [-0.2, -0.15) is 0 Å². The van der Waals surface area contributed by atoms with Crippen LogP contribution in [0.4, 0.5) is 10.5 Å². The molecule has 1 aliphatic rings. The van der Waals surface area contributed by atoms with E-state index in [0.29, 0.717) is 18.0 Å². The standard InChI is InChI=1S/C17H26N4O3/c1-3-18-16(22)12-24-15-6-4-5-14(11-15)20-17(23)19-13-7-9-21(2)10-8-13/h4-6,11,13H,3,7-10,12H2,1-2H3,(H,18,22)(H2,19,20,23). The molecule has 2 rings (SSSR count). The topological polar surface area (TPSA) is 82.7 Å². The molecule has 1 heterocycles. The van der Waals surface area contributed by atoms with Crippen molar-refractivity contribution < 1.29 is 14.3 Å². The summed E-state index contributed by atoms with van der Waals surface area (Å²) in [5.41, 5.74) is 0.633. The number of anilines is 1. The van der Waals surface area contributed by atoms with Crippen molar-refractivity contribution in [1.29, 1.82) is 0 Å². The Morgan fingerprint density at radius 3 is 2.75 bits per heavy atom. The lowest BCUT2D eigenvalue weighted by Gasteiger charge is -2.29. The fourth-order valence-corrected chi connectivity index (χ4v) is 2.57. The number of piperidine rings is 1. The van der Waals surface area contributed by atoms with Crippen LogP contribution in [0.3, 0.4) is 0 Å².